The SMILES string of the molecule is CC(C)(C)CC(=O)N1C[C@@H](c2cccnc2)[C@H](c2nc(-c3ccncc3)no2)C1. The van der Waals surface area contributed by atoms with Gasteiger partial charge < -0.3 is 9.42 Å². The van der Waals surface area contributed by atoms with Crippen LogP contribution in [-0.4, -0.2) is 44.0 Å². The van der Waals surface area contributed by atoms with Gasteiger partial charge in [-0.1, -0.05) is 32.0 Å². The van der Waals surface area contributed by atoms with Gasteiger partial charge in [0.05, 0.1) is 5.92 Å². The van der Waals surface area contributed by atoms with Crippen molar-refractivity contribution in [2.75, 3.05) is 13.1 Å². The molecule has 1 fully saturated rings. The molecule has 3 aromatic heterocycles. The van der Waals surface area contributed by atoms with Gasteiger partial charge in [0.15, 0.2) is 0 Å². The monoisotopic (exact) mass is 391 g/mol. The van der Waals surface area contributed by atoms with E-state index in [9.17, 15) is 4.79 Å². The molecule has 7 heteroatoms. The number of carbonyl (C=O) groups excluding carboxylic acids is 1. The van der Waals surface area contributed by atoms with Gasteiger partial charge in [0.1, 0.15) is 0 Å². The van der Waals surface area contributed by atoms with Crippen molar-refractivity contribution in [3.63, 3.8) is 0 Å². The maximum atomic E-state index is 12.9. The Morgan fingerprint density at radius 1 is 1.10 bits per heavy atom. The van der Waals surface area contributed by atoms with E-state index < -0.39 is 0 Å². The summed E-state index contributed by atoms with van der Waals surface area (Å²) in [6.07, 6.45) is 7.52. The number of likely N-dealkylation sites (tertiary alicyclic amines) is 1. The second-order valence-corrected chi connectivity index (χ2v) is 8.73. The first-order valence-electron chi connectivity index (χ1n) is 9.82. The van der Waals surface area contributed by atoms with Crippen molar-refractivity contribution in [2.24, 2.45) is 5.41 Å². The van der Waals surface area contributed by atoms with Crippen molar-refractivity contribution in [1.29, 1.82) is 0 Å². The third-order valence-electron chi connectivity index (χ3n) is 5.16. The third-order valence-corrected chi connectivity index (χ3v) is 5.16. The molecule has 0 aromatic carbocycles. The number of amides is 1. The standard InChI is InChI=1S/C22H25N5O2/c1-22(2,3)11-19(28)27-13-17(16-5-4-8-24-12-16)18(14-27)21-25-20(26-29-21)15-6-9-23-10-7-15/h4-10,12,17-18H,11,13-14H2,1-3H3/t17-,18+/m0/s1. The summed E-state index contributed by atoms with van der Waals surface area (Å²) >= 11 is 0. The highest BCUT2D eigenvalue weighted by atomic mass is 16.5. The molecule has 29 heavy (non-hydrogen) atoms. The van der Waals surface area contributed by atoms with E-state index in [1.165, 1.54) is 0 Å². The molecular formula is C22H25N5O2. The molecule has 0 spiro atoms. The molecule has 7 nitrogen and oxygen atoms in total. The lowest BCUT2D eigenvalue weighted by molar-refractivity contribution is -0.132. The van der Waals surface area contributed by atoms with Crippen LogP contribution in [0.15, 0.2) is 53.6 Å². The zero-order chi connectivity index (χ0) is 20.4. The zero-order valence-electron chi connectivity index (χ0n) is 16.9. The van der Waals surface area contributed by atoms with Crippen LogP contribution in [0.25, 0.3) is 11.4 Å². The van der Waals surface area contributed by atoms with Gasteiger partial charge in [0.2, 0.25) is 17.6 Å². The smallest absolute Gasteiger partial charge is 0.232 e. The first kappa shape index (κ1) is 19.2. The van der Waals surface area contributed by atoms with E-state index in [4.69, 9.17) is 4.52 Å². The zero-order valence-corrected chi connectivity index (χ0v) is 16.9. The highest BCUT2D eigenvalue weighted by Gasteiger charge is 2.41. The number of rotatable bonds is 4. The normalized spacial score (nSPS) is 19.5. The molecule has 2 atom stereocenters. The Hall–Kier alpha value is -3.09. The summed E-state index contributed by atoms with van der Waals surface area (Å²) in [6.45, 7) is 7.42. The van der Waals surface area contributed by atoms with E-state index in [2.05, 4.69) is 40.9 Å². The van der Waals surface area contributed by atoms with E-state index >= 15 is 0 Å². The maximum absolute atomic E-state index is 12.9. The molecule has 1 aliphatic heterocycles. The molecular weight excluding hydrogens is 366 g/mol. The average Bonchev–Trinajstić information content (AvgIpc) is 3.35. The van der Waals surface area contributed by atoms with Crippen molar-refractivity contribution >= 4 is 5.91 Å². The fourth-order valence-electron chi connectivity index (χ4n) is 3.76. The lowest BCUT2D eigenvalue weighted by atomic mass is 9.90. The molecule has 0 bridgehead atoms. The molecule has 150 valence electrons. The van der Waals surface area contributed by atoms with Crippen LogP contribution in [0, 0.1) is 5.41 Å². The second kappa shape index (κ2) is 7.73. The number of hydrogen-bond donors (Lipinski definition) is 0. The van der Waals surface area contributed by atoms with Gasteiger partial charge >= 0.3 is 0 Å². The van der Waals surface area contributed by atoms with Crippen molar-refractivity contribution < 1.29 is 9.32 Å². The number of pyridine rings is 2. The van der Waals surface area contributed by atoms with Crippen LogP contribution < -0.4 is 0 Å². The minimum Gasteiger partial charge on any atom is -0.341 e. The minimum atomic E-state index is -0.0637. The van der Waals surface area contributed by atoms with Crippen LogP contribution in [0.1, 0.15) is 50.5 Å². The van der Waals surface area contributed by atoms with Crippen molar-refractivity contribution in [3.05, 3.63) is 60.5 Å². The van der Waals surface area contributed by atoms with E-state index in [1.54, 1.807) is 18.6 Å². The van der Waals surface area contributed by atoms with Crippen molar-refractivity contribution in [1.82, 2.24) is 25.0 Å². The lowest BCUT2D eigenvalue weighted by Gasteiger charge is -2.23. The van der Waals surface area contributed by atoms with Gasteiger partial charge in [-0.15, -0.1) is 0 Å². The summed E-state index contributed by atoms with van der Waals surface area (Å²) < 4.78 is 5.64. The van der Waals surface area contributed by atoms with Gasteiger partial charge in [-0.25, -0.2) is 0 Å². The van der Waals surface area contributed by atoms with Gasteiger partial charge in [0.25, 0.3) is 0 Å². The summed E-state index contributed by atoms with van der Waals surface area (Å²) in [5.74, 6) is 1.25. The Balaban J connectivity index is 1.62. The van der Waals surface area contributed by atoms with Crippen LogP contribution in [0.3, 0.4) is 0 Å². The number of aromatic nitrogens is 4. The highest BCUT2D eigenvalue weighted by molar-refractivity contribution is 5.77. The Bertz CT molecular complexity index is 966. The van der Waals surface area contributed by atoms with E-state index in [0.29, 0.717) is 31.2 Å². The number of carbonyl (C=O) groups is 1. The topological polar surface area (TPSA) is 85.0 Å². The molecule has 0 saturated carbocycles. The van der Waals surface area contributed by atoms with Crippen LogP contribution in [0.2, 0.25) is 0 Å². The molecule has 4 rings (SSSR count). The van der Waals surface area contributed by atoms with E-state index in [-0.39, 0.29) is 23.2 Å². The number of nitrogens with zero attached hydrogens (tertiary/aromatic N) is 5. The average molecular weight is 391 g/mol. The molecule has 1 aliphatic rings. The summed E-state index contributed by atoms with van der Waals surface area (Å²) in [5, 5.41) is 4.16. The molecule has 0 aliphatic carbocycles. The summed E-state index contributed by atoms with van der Waals surface area (Å²) in [6, 6.07) is 7.66. The van der Waals surface area contributed by atoms with Gasteiger partial charge in [-0.2, -0.15) is 4.98 Å². The fraction of sp³-hybridized carbons (Fsp3) is 0.409. The quantitative estimate of drug-likeness (QED) is 0.675. The summed E-state index contributed by atoms with van der Waals surface area (Å²) in [5.41, 5.74) is 1.87. The molecule has 0 radical (unpaired) electrons. The largest absolute Gasteiger partial charge is 0.341 e. The minimum absolute atomic E-state index is 0.0576. The Morgan fingerprint density at radius 3 is 2.55 bits per heavy atom. The fourth-order valence-corrected chi connectivity index (χ4v) is 3.76. The maximum Gasteiger partial charge on any atom is 0.232 e. The Morgan fingerprint density at radius 2 is 1.86 bits per heavy atom. The van der Waals surface area contributed by atoms with Gasteiger partial charge in [0, 0.05) is 55.8 Å². The van der Waals surface area contributed by atoms with Gasteiger partial charge in [-0.3, -0.25) is 14.8 Å². The summed E-state index contributed by atoms with van der Waals surface area (Å²) in [7, 11) is 0. The number of hydrogen-bond acceptors (Lipinski definition) is 6. The van der Waals surface area contributed by atoms with Crippen LogP contribution in [-0.2, 0) is 4.79 Å². The first-order chi connectivity index (χ1) is 13.9. The highest BCUT2D eigenvalue weighted by Crippen LogP contribution is 2.40. The van der Waals surface area contributed by atoms with Crippen LogP contribution in [0.4, 0.5) is 0 Å². The second-order valence-electron chi connectivity index (χ2n) is 8.73. The van der Waals surface area contributed by atoms with E-state index in [1.807, 2.05) is 35.4 Å². The molecule has 3 aromatic rings. The van der Waals surface area contributed by atoms with E-state index in [0.717, 1.165) is 11.1 Å². The molecule has 0 N–H and O–H groups in total. The van der Waals surface area contributed by atoms with Crippen LogP contribution in [0.5, 0.6) is 0 Å². The van der Waals surface area contributed by atoms with Crippen LogP contribution >= 0.6 is 0 Å². The van der Waals surface area contributed by atoms with Gasteiger partial charge in [-0.05, 0) is 29.2 Å². The Labute approximate surface area is 170 Å². The third kappa shape index (κ3) is 4.34. The molecule has 0 unspecified atom stereocenters. The van der Waals surface area contributed by atoms with Crippen molar-refractivity contribution in [3.8, 4) is 11.4 Å². The van der Waals surface area contributed by atoms with Crippen molar-refractivity contribution in [2.45, 2.75) is 39.0 Å². The Kier molecular flexibility index (Phi) is 5.13. The predicted octanol–water partition coefficient (Wildman–Crippen LogP) is 3.67. The first-order valence-corrected chi connectivity index (χ1v) is 9.82. The summed E-state index contributed by atoms with van der Waals surface area (Å²) in [4.78, 5) is 27.7. The molecule has 1 amide bonds. The lowest BCUT2D eigenvalue weighted by Crippen LogP contribution is -2.31. The molecule has 4 heterocycles. The predicted molar refractivity (Wildman–Crippen MR) is 108 cm³/mol. The molecule has 1 saturated heterocycles.